The van der Waals surface area contributed by atoms with Crippen LogP contribution in [0, 0.1) is 23.7 Å². The van der Waals surface area contributed by atoms with Gasteiger partial charge in [0.05, 0.1) is 4.90 Å². The first kappa shape index (κ1) is 15.5. The average Bonchev–Trinajstić information content (AvgIpc) is 2.78. The van der Waals surface area contributed by atoms with Gasteiger partial charge in [-0.3, -0.25) is 0 Å². The van der Waals surface area contributed by atoms with Crippen LogP contribution in [0.5, 0.6) is 0 Å². The number of nitrogens with one attached hydrogen (secondary N) is 1. The van der Waals surface area contributed by atoms with Crippen molar-refractivity contribution in [2.24, 2.45) is 21.8 Å². The number of hydrogen-bond donors (Lipinski definition) is 1. The van der Waals surface area contributed by atoms with Crippen LogP contribution in [0.2, 0.25) is 0 Å². The second kappa shape index (κ2) is 4.82. The molecule has 5 heteroatoms. The molecule has 0 heterocycles. The first-order chi connectivity index (χ1) is 10.2. The van der Waals surface area contributed by atoms with Crippen LogP contribution in [-0.4, -0.2) is 14.1 Å². The van der Waals surface area contributed by atoms with Crippen molar-refractivity contribution >= 4 is 15.7 Å². The van der Waals surface area contributed by atoms with Gasteiger partial charge in [0.15, 0.2) is 0 Å². The molecular weight excluding hydrogens is 296 g/mol. The summed E-state index contributed by atoms with van der Waals surface area (Å²) in [4.78, 5) is 2.70. The molecule has 0 aliphatic heterocycles. The van der Waals surface area contributed by atoms with Crippen LogP contribution < -0.4 is 4.83 Å². The zero-order valence-corrected chi connectivity index (χ0v) is 14.5. The number of nitrogens with zero attached hydrogens (tertiary/aromatic N) is 1. The lowest BCUT2D eigenvalue weighted by Gasteiger charge is -2.34. The van der Waals surface area contributed by atoms with Gasteiger partial charge < -0.3 is 0 Å². The fourth-order valence-electron chi connectivity index (χ4n) is 3.98. The Morgan fingerprint density at radius 3 is 2.32 bits per heavy atom. The Morgan fingerprint density at radius 1 is 1.18 bits per heavy atom. The van der Waals surface area contributed by atoms with Crippen molar-refractivity contribution in [3.63, 3.8) is 0 Å². The lowest BCUT2D eigenvalue weighted by molar-refractivity contribution is 0.193. The molecule has 2 fully saturated rings. The molecule has 0 amide bonds. The summed E-state index contributed by atoms with van der Waals surface area (Å²) in [6.07, 6.45) is 3.21. The summed E-state index contributed by atoms with van der Waals surface area (Å²) in [6.45, 7) is 8.71. The van der Waals surface area contributed by atoms with Crippen LogP contribution in [0.4, 0.5) is 0 Å². The number of sulfonamides is 1. The Labute approximate surface area is 133 Å². The normalized spacial score (nSPS) is 31.6. The standard InChI is InChI=1S/C17H24N2O2S/c1-12-5-7-14(8-6-12)22(20,21)19-18-15-11-13-9-10-17(15,4)16(13,2)3/h5-8,13,19H,9-11H2,1-4H3/b18-15+/t13-,17-/m0/s1. The molecule has 0 spiro atoms. The predicted molar refractivity (Wildman–Crippen MR) is 88.2 cm³/mol. The molecule has 2 aliphatic rings. The van der Waals surface area contributed by atoms with Crippen molar-refractivity contribution in [1.29, 1.82) is 0 Å². The van der Waals surface area contributed by atoms with Crippen LogP contribution in [0.25, 0.3) is 0 Å². The highest BCUT2D eigenvalue weighted by atomic mass is 32.2. The van der Waals surface area contributed by atoms with Gasteiger partial charge in [0.1, 0.15) is 0 Å². The van der Waals surface area contributed by atoms with E-state index < -0.39 is 10.0 Å². The molecule has 1 aromatic rings. The van der Waals surface area contributed by atoms with E-state index in [1.54, 1.807) is 24.3 Å². The molecule has 2 saturated carbocycles. The van der Waals surface area contributed by atoms with E-state index in [4.69, 9.17) is 0 Å². The maximum Gasteiger partial charge on any atom is 0.276 e. The van der Waals surface area contributed by atoms with Gasteiger partial charge in [-0.05, 0) is 49.7 Å². The molecule has 2 bridgehead atoms. The quantitative estimate of drug-likeness (QED) is 0.867. The molecule has 0 aromatic heterocycles. The first-order valence-corrected chi connectivity index (χ1v) is 9.31. The molecule has 1 aromatic carbocycles. The summed E-state index contributed by atoms with van der Waals surface area (Å²) in [5.74, 6) is 0.611. The largest absolute Gasteiger partial charge is 0.276 e. The van der Waals surface area contributed by atoms with Crippen molar-refractivity contribution in [2.45, 2.75) is 51.9 Å². The average molecular weight is 320 g/mol. The van der Waals surface area contributed by atoms with E-state index in [2.05, 4.69) is 30.7 Å². The molecule has 2 aliphatic carbocycles. The monoisotopic (exact) mass is 320 g/mol. The molecule has 22 heavy (non-hydrogen) atoms. The van der Waals surface area contributed by atoms with E-state index >= 15 is 0 Å². The topological polar surface area (TPSA) is 58.5 Å². The van der Waals surface area contributed by atoms with Crippen LogP contribution in [0.15, 0.2) is 34.3 Å². The van der Waals surface area contributed by atoms with Crippen LogP contribution >= 0.6 is 0 Å². The molecule has 4 nitrogen and oxygen atoms in total. The minimum Gasteiger partial charge on any atom is -0.200 e. The molecule has 0 unspecified atom stereocenters. The van der Waals surface area contributed by atoms with Gasteiger partial charge in [-0.25, -0.2) is 4.83 Å². The summed E-state index contributed by atoms with van der Waals surface area (Å²) in [7, 11) is -3.58. The van der Waals surface area contributed by atoms with Crippen molar-refractivity contribution in [2.75, 3.05) is 0 Å². The zero-order valence-electron chi connectivity index (χ0n) is 13.7. The summed E-state index contributed by atoms with van der Waals surface area (Å²) in [5.41, 5.74) is 2.24. The van der Waals surface area contributed by atoms with Gasteiger partial charge in [-0.2, -0.15) is 13.5 Å². The van der Waals surface area contributed by atoms with Crippen molar-refractivity contribution in [3.8, 4) is 0 Å². The smallest absolute Gasteiger partial charge is 0.200 e. The molecule has 1 N–H and O–H groups in total. The highest BCUT2D eigenvalue weighted by molar-refractivity contribution is 7.89. The minimum atomic E-state index is -3.58. The van der Waals surface area contributed by atoms with Crippen molar-refractivity contribution in [1.82, 2.24) is 4.83 Å². The van der Waals surface area contributed by atoms with E-state index in [-0.39, 0.29) is 15.7 Å². The first-order valence-electron chi connectivity index (χ1n) is 7.82. The van der Waals surface area contributed by atoms with Gasteiger partial charge in [0, 0.05) is 11.1 Å². The zero-order chi connectivity index (χ0) is 16.2. The Morgan fingerprint density at radius 2 is 1.82 bits per heavy atom. The third-order valence-electron chi connectivity index (χ3n) is 6.14. The summed E-state index contributed by atoms with van der Waals surface area (Å²) in [6, 6.07) is 6.82. The number of hydrazone groups is 1. The van der Waals surface area contributed by atoms with E-state index in [0.29, 0.717) is 5.92 Å². The van der Waals surface area contributed by atoms with Gasteiger partial charge in [0.25, 0.3) is 10.0 Å². The third kappa shape index (κ3) is 2.18. The van der Waals surface area contributed by atoms with E-state index in [1.165, 1.54) is 6.42 Å². The van der Waals surface area contributed by atoms with Gasteiger partial charge >= 0.3 is 0 Å². The molecule has 0 radical (unpaired) electrons. The van der Waals surface area contributed by atoms with Crippen LogP contribution in [0.1, 0.15) is 45.6 Å². The maximum atomic E-state index is 12.4. The molecule has 120 valence electrons. The fraction of sp³-hybridized carbons (Fsp3) is 0.588. The number of hydrogen-bond acceptors (Lipinski definition) is 3. The summed E-state index contributed by atoms with van der Waals surface area (Å²) < 4.78 is 24.7. The van der Waals surface area contributed by atoms with Crippen LogP contribution in [0.3, 0.4) is 0 Å². The lowest BCUT2D eigenvalue weighted by Crippen LogP contribution is -2.34. The second-order valence-corrected chi connectivity index (χ2v) is 9.12. The Bertz CT molecular complexity index is 720. The Balaban J connectivity index is 1.85. The fourth-order valence-corrected chi connectivity index (χ4v) is 4.81. The number of fused-ring (bicyclic) bond motifs is 2. The van der Waals surface area contributed by atoms with E-state index in [1.807, 2.05) is 6.92 Å². The van der Waals surface area contributed by atoms with E-state index in [9.17, 15) is 8.42 Å². The number of rotatable bonds is 3. The maximum absolute atomic E-state index is 12.4. The van der Waals surface area contributed by atoms with Crippen LogP contribution in [-0.2, 0) is 10.0 Å². The summed E-state index contributed by atoms with van der Waals surface area (Å²) >= 11 is 0. The molecule has 2 atom stereocenters. The highest BCUT2D eigenvalue weighted by Crippen LogP contribution is 2.63. The Hall–Kier alpha value is -1.36. The van der Waals surface area contributed by atoms with Crippen molar-refractivity contribution < 1.29 is 8.42 Å². The molecular formula is C17H24N2O2S. The van der Waals surface area contributed by atoms with E-state index in [0.717, 1.165) is 24.1 Å². The second-order valence-electron chi connectivity index (χ2n) is 7.46. The Kier molecular flexibility index (Phi) is 3.40. The van der Waals surface area contributed by atoms with Gasteiger partial charge in [0.2, 0.25) is 0 Å². The SMILES string of the molecule is Cc1ccc(S(=O)(=O)N/N=C2\C[C@@H]3CC[C@]2(C)C3(C)C)cc1. The van der Waals surface area contributed by atoms with Gasteiger partial charge in [-0.1, -0.05) is 38.5 Å². The van der Waals surface area contributed by atoms with Gasteiger partial charge in [-0.15, -0.1) is 0 Å². The third-order valence-corrected chi connectivity index (χ3v) is 7.37. The lowest BCUT2D eigenvalue weighted by atomic mass is 9.70. The van der Waals surface area contributed by atoms with Crippen molar-refractivity contribution in [3.05, 3.63) is 29.8 Å². The molecule has 0 saturated heterocycles. The number of aryl methyl sites for hydroxylation is 1. The highest BCUT2D eigenvalue weighted by Gasteiger charge is 2.60. The number of benzene rings is 1. The molecule has 3 rings (SSSR count). The predicted octanol–water partition coefficient (Wildman–Crippen LogP) is 3.48. The summed E-state index contributed by atoms with van der Waals surface area (Å²) in [5, 5.41) is 4.32. The minimum absolute atomic E-state index is 0.00740.